The second-order valence-corrected chi connectivity index (χ2v) is 6.78. The van der Waals surface area contributed by atoms with E-state index in [4.69, 9.17) is 0 Å². The molecule has 124 valence electrons. The molecular weight excluding hydrogens is 349 g/mol. The molecule has 6 nitrogen and oxygen atoms in total. The zero-order valence-electron chi connectivity index (χ0n) is 13.0. The molecule has 0 aliphatic carbocycles. The maximum Gasteiger partial charge on any atom is 0.236 e. The smallest absolute Gasteiger partial charge is 0.236 e. The second kappa shape index (κ2) is 7.10. The average Bonchev–Trinajstić information content (AvgIpc) is 3.12. The van der Waals surface area contributed by atoms with Crippen molar-refractivity contribution in [3.8, 4) is 11.4 Å². The van der Waals surface area contributed by atoms with Crippen LogP contribution in [0.25, 0.3) is 11.4 Å². The minimum absolute atomic E-state index is 0.169. The van der Waals surface area contributed by atoms with Crippen molar-refractivity contribution in [2.45, 2.75) is 12.1 Å². The highest BCUT2D eigenvalue weighted by Crippen LogP contribution is 2.24. The van der Waals surface area contributed by atoms with Gasteiger partial charge in [0.1, 0.15) is 5.82 Å². The third-order valence-electron chi connectivity index (χ3n) is 3.15. The Morgan fingerprint density at radius 3 is 2.88 bits per heavy atom. The number of aryl methyl sites for hydroxylation is 1. The molecule has 0 saturated heterocycles. The van der Waals surface area contributed by atoms with Gasteiger partial charge in [0.15, 0.2) is 16.1 Å². The maximum atomic E-state index is 13.9. The van der Waals surface area contributed by atoms with Crippen LogP contribution in [-0.4, -0.2) is 31.4 Å². The molecule has 9 heteroatoms. The first-order chi connectivity index (χ1) is 11.5. The zero-order chi connectivity index (χ0) is 17.1. The summed E-state index contributed by atoms with van der Waals surface area (Å²) in [6.07, 6.45) is 0. The van der Waals surface area contributed by atoms with Crippen molar-refractivity contribution in [2.24, 2.45) is 7.05 Å². The Morgan fingerprint density at radius 1 is 1.38 bits per heavy atom. The van der Waals surface area contributed by atoms with Gasteiger partial charge in [0.2, 0.25) is 5.91 Å². The normalized spacial score (nSPS) is 10.8. The van der Waals surface area contributed by atoms with Gasteiger partial charge in [-0.1, -0.05) is 23.9 Å². The number of carbonyl (C=O) groups excluding carboxylic acids is 1. The lowest BCUT2D eigenvalue weighted by atomic mass is 10.2. The van der Waals surface area contributed by atoms with E-state index in [1.807, 2.05) is 12.3 Å². The molecule has 0 aliphatic rings. The SMILES string of the molecule is Cc1csc(NC(=O)CSc2nnc(-c3ccccc3F)n2C)n1. The number of halogens is 1. The predicted molar refractivity (Wildman–Crippen MR) is 92.6 cm³/mol. The molecule has 0 unspecified atom stereocenters. The molecule has 0 fully saturated rings. The number of thioether (sulfide) groups is 1. The van der Waals surface area contributed by atoms with Gasteiger partial charge < -0.3 is 9.88 Å². The van der Waals surface area contributed by atoms with Gasteiger partial charge in [-0.05, 0) is 19.1 Å². The van der Waals surface area contributed by atoms with E-state index >= 15 is 0 Å². The van der Waals surface area contributed by atoms with Gasteiger partial charge in [0.25, 0.3) is 0 Å². The van der Waals surface area contributed by atoms with Crippen LogP contribution in [0.3, 0.4) is 0 Å². The topological polar surface area (TPSA) is 72.7 Å². The summed E-state index contributed by atoms with van der Waals surface area (Å²) in [5.74, 6) is 0.0554. The number of rotatable bonds is 5. The summed E-state index contributed by atoms with van der Waals surface area (Å²) in [5.41, 5.74) is 1.24. The number of aromatic nitrogens is 4. The van der Waals surface area contributed by atoms with Gasteiger partial charge in [0, 0.05) is 12.4 Å². The van der Waals surface area contributed by atoms with Crippen molar-refractivity contribution in [1.82, 2.24) is 19.7 Å². The second-order valence-electron chi connectivity index (χ2n) is 4.98. The molecule has 0 aliphatic heterocycles. The van der Waals surface area contributed by atoms with E-state index in [0.29, 0.717) is 21.7 Å². The highest BCUT2D eigenvalue weighted by molar-refractivity contribution is 7.99. The summed E-state index contributed by atoms with van der Waals surface area (Å²) >= 11 is 2.61. The molecule has 0 saturated carbocycles. The molecule has 0 bridgehead atoms. The number of hydrogen-bond acceptors (Lipinski definition) is 6. The van der Waals surface area contributed by atoms with Crippen LogP contribution in [0, 0.1) is 12.7 Å². The zero-order valence-corrected chi connectivity index (χ0v) is 14.6. The highest BCUT2D eigenvalue weighted by atomic mass is 32.2. The average molecular weight is 363 g/mol. The predicted octanol–water partition coefficient (Wildman–Crippen LogP) is 3.12. The van der Waals surface area contributed by atoms with Crippen LogP contribution in [0.5, 0.6) is 0 Å². The number of nitrogens with one attached hydrogen (secondary N) is 1. The molecule has 3 rings (SSSR count). The lowest BCUT2D eigenvalue weighted by Crippen LogP contribution is -2.14. The fraction of sp³-hybridized carbons (Fsp3) is 0.200. The Morgan fingerprint density at radius 2 is 2.17 bits per heavy atom. The summed E-state index contributed by atoms with van der Waals surface area (Å²) in [6, 6.07) is 6.38. The van der Waals surface area contributed by atoms with Gasteiger partial charge in [-0.15, -0.1) is 21.5 Å². The molecule has 0 atom stereocenters. The third kappa shape index (κ3) is 3.62. The van der Waals surface area contributed by atoms with Crippen molar-refractivity contribution in [2.75, 3.05) is 11.1 Å². The Labute approximate surface area is 146 Å². The Bertz CT molecular complexity index is 876. The monoisotopic (exact) mass is 363 g/mol. The van der Waals surface area contributed by atoms with Gasteiger partial charge >= 0.3 is 0 Å². The summed E-state index contributed by atoms with van der Waals surface area (Å²) in [4.78, 5) is 16.1. The van der Waals surface area contributed by atoms with E-state index < -0.39 is 0 Å². The quantitative estimate of drug-likeness (QED) is 0.705. The molecule has 0 radical (unpaired) electrons. The van der Waals surface area contributed by atoms with Crippen LogP contribution < -0.4 is 5.32 Å². The molecule has 1 aromatic carbocycles. The molecule has 3 aromatic rings. The van der Waals surface area contributed by atoms with E-state index in [-0.39, 0.29) is 17.5 Å². The number of thiazole rings is 1. The summed E-state index contributed by atoms with van der Waals surface area (Å²) in [7, 11) is 1.74. The first-order valence-electron chi connectivity index (χ1n) is 7.03. The number of benzene rings is 1. The summed E-state index contributed by atoms with van der Waals surface area (Å²) in [6.45, 7) is 1.87. The lowest BCUT2D eigenvalue weighted by Gasteiger charge is -2.04. The summed E-state index contributed by atoms with van der Waals surface area (Å²) in [5, 5.41) is 13.8. The standard InChI is InChI=1S/C15H14FN5OS2/c1-9-7-23-14(17-9)18-12(22)8-24-15-20-19-13(21(15)2)10-5-3-4-6-11(10)16/h3-7H,8H2,1-2H3,(H,17,18,22). The Kier molecular flexibility index (Phi) is 4.91. The van der Waals surface area contributed by atoms with Gasteiger partial charge in [-0.3, -0.25) is 4.79 Å². The van der Waals surface area contributed by atoms with E-state index in [0.717, 1.165) is 5.69 Å². The first kappa shape index (κ1) is 16.6. The Balaban J connectivity index is 1.66. The van der Waals surface area contributed by atoms with Gasteiger partial charge in [0.05, 0.1) is 17.0 Å². The largest absolute Gasteiger partial charge is 0.305 e. The number of hydrogen-bond donors (Lipinski definition) is 1. The van der Waals surface area contributed by atoms with E-state index in [2.05, 4.69) is 20.5 Å². The van der Waals surface area contributed by atoms with Crippen molar-refractivity contribution in [3.05, 3.63) is 41.2 Å². The Hall–Kier alpha value is -2.26. The minimum atomic E-state index is -0.360. The number of carbonyl (C=O) groups is 1. The highest BCUT2D eigenvalue weighted by Gasteiger charge is 2.15. The number of amides is 1. The van der Waals surface area contributed by atoms with Crippen molar-refractivity contribution < 1.29 is 9.18 Å². The minimum Gasteiger partial charge on any atom is -0.305 e. The fourth-order valence-corrected chi connectivity index (χ4v) is 3.43. The van der Waals surface area contributed by atoms with Crippen LogP contribution in [-0.2, 0) is 11.8 Å². The van der Waals surface area contributed by atoms with Crippen LogP contribution in [0.1, 0.15) is 5.69 Å². The third-order valence-corrected chi connectivity index (χ3v) is 5.04. The van der Waals surface area contributed by atoms with Gasteiger partial charge in [-0.2, -0.15) is 0 Å². The maximum absolute atomic E-state index is 13.9. The molecule has 1 N–H and O–H groups in total. The summed E-state index contributed by atoms with van der Waals surface area (Å²) < 4.78 is 15.5. The van der Waals surface area contributed by atoms with E-state index in [9.17, 15) is 9.18 Å². The van der Waals surface area contributed by atoms with Crippen molar-refractivity contribution in [3.63, 3.8) is 0 Å². The van der Waals surface area contributed by atoms with Crippen molar-refractivity contribution >= 4 is 34.1 Å². The molecule has 2 heterocycles. The lowest BCUT2D eigenvalue weighted by molar-refractivity contribution is -0.113. The molecule has 1 amide bonds. The van der Waals surface area contributed by atoms with E-state index in [1.165, 1.54) is 29.2 Å². The van der Waals surface area contributed by atoms with E-state index in [1.54, 1.807) is 29.8 Å². The fourth-order valence-electron chi connectivity index (χ4n) is 2.01. The number of anilines is 1. The van der Waals surface area contributed by atoms with Crippen LogP contribution in [0.15, 0.2) is 34.8 Å². The van der Waals surface area contributed by atoms with Crippen LogP contribution in [0.4, 0.5) is 9.52 Å². The molecular formula is C15H14FN5OS2. The van der Waals surface area contributed by atoms with Gasteiger partial charge in [-0.25, -0.2) is 9.37 Å². The van der Waals surface area contributed by atoms with Crippen molar-refractivity contribution in [1.29, 1.82) is 0 Å². The number of nitrogens with zero attached hydrogens (tertiary/aromatic N) is 4. The van der Waals surface area contributed by atoms with Crippen LogP contribution >= 0.6 is 23.1 Å². The first-order valence-corrected chi connectivity index (χ1v) is 8.90. The molecule has 2 aromatic heterocycles. The molecule has 24 heavy (non-hydrogen) atoms. The molecule has 0 spiro atoms. The van der Waals surface area contributed by atoms with Crippen LogP contribution in [0.2, 0.25) is 0 Å².